The molecule has 0 saturated carbocycles. The lowest BCUT2D eigenvalue weighted by molar-refractivity contribution is -0.830. The van der Waals surface area contributed by atoms with Crippen LogP contribution in [0.25, 0.3) is 0 Å². The van der Waals surface area contributed by atoms with Crippen molar-refractivity contribution < 1.29 is 19.5 Å². The van der Waals surface area contributed by atoms with Gasteiger partial charge in [-0.3, -0.25) is 4.48 Å². The summed E-state index contributed by atoms with van der Waals surface area (Å²) in [4.78, 5) is 15.6. The molecule has 0 aliphatic carbocycles. The lowest BCUT2D eigenvalue weighted by Gasteiger charge is -2.34. The Balaban J connectivity index is 2.25. The fourth-order valence-corrected chi connectivity index (χ4v) is 3.78. The first-order chi connectivity index (χ1) is 11.5. The Hall–Kier alpha value is -0.940. The first kappa shape index (κ1) is 21.1. The molecule has 1 heterocycles. The maximum absolute atomic E-state index is 11.3. The predicted molar refractivity (Wildman–Crippen MR) is 98.3 cm³/mol. The van der Waals surface area contributed by atoms with Gasteiger partial charge in [0, 0.05) is 0 Å². The van der Waals surface area contributed by atoms with Gasteiger partial charge in [0.05, 0.1) is 13.1 Å². The van der Waals surface area contributed by atoms with Gasteiger partial charge >= 0.3 is 5.97 Å². The maximum Gasteiger partial charge on any atom is 0.359 e. The van der Waals surface area contributed by atoms with Gasteiger partial charge in [0.1, 0.15) is 12.6 Å². The molecule has 5 heteroatoms. The molecule has 0 aromatic heterocycles. The molecular formula is C19H37N2O3+. The van der Waals surface area contributed by atoms with E-state index >= 15 is 0 Å². The predicted octanol–water partition coefficient (Wildman–Crippen LogP) is 3.60. The van der Waals surface area contributed by atoms with E-state index in [1.54, 1.807) is 6.92 Å². The molecule has 0 aromatic carbocycles. The van der Waals surface area contributed by atoms with Crippen molar-refractivity contribution in [2.75, 3.05) is 26.2 Å². The second-order valence-corrected chi connectivity index (χ2v) is 7.24. The maximum atomic E-state index is 11.3. The molecule has 0 spiro atoms. The number of aliphatic hydroxyl groups is 1. The van der Waals surface area contributed by atoms with Gasteiger partial charge in [-0.1, -0.05) is 58.3 Å². The second kappa shape index (κ2) is 11.6. The molecule has 0 fully saturated rings. The molecule has 1 aliphatic heterocycles. The summed E-state index contributed by atoms with van der Waals surface area (Å²) in [5.74, 6) is -0.148. The molecule has 1 aliphatic rings. The fourth-order valence-electron chi connectivity index (χ4n) is 3.78. The number of aliphatic imine (C=N–C) groups is 1. The number of aliphatic carboxylic acids is 1. The van der Waals surface area contributed by atoms with Crippen LogP contribution < -0.4 is 0 Å². The molecule has 0 aromatic rings. The molecule has 2 unspecified atom stereocenters. The zero-order chi connectivity index (χ0) is 17.8. The summed E-state index contributed by atoms with van der Waals surface area (Å²) in [6.45, 7) is 6.11. The minimum Gasteiger partial charge on any atom is -0.477 e. The molecule has 0 saturated heterocycles. The molecule has 2 atom stereocenters. The van der Waals surface area contributed by atoms with Crippen LogP contribution in [0.15, 0.2) is 4.99 Å². The largest absolute Gasteiger partial charge is 0.477 e. The van der Waals surface area contributed by atoms with Gasteiger partial charge in [0.2, 0.25) is 5.84 Å². The average Bonchev–Trinajstić information content (AvgIpc) is 2.92. The summed E-state index contributed by atoms with van der Waals surface area (Å²) in [6.07, 6.45) is 12.0. The summed E-state index contributed by atoms with van der Waals surface area (Å²) in [5.41, 5.74) is 0. The van der Waals surface area contributed by atoms with Crippen molar-refractivity contribution in [2.24, 2.45) is 4.99 Å². The zero-order valence-electron chi connectivity index (χ0n) is 15.7. The molecule has 5 nitrogen and oxygen atoms in total. The third-order valence-electron chi connectivity index (χ3n) is 5.04. The molecule has 140 valence electrons. The second-order valence-electron chi connectivity index (χ2n) is 7.24. The molecule has 0 amide bonds. The van der Waals surface area contributed by atoms with Gasteiger partial charge in [-0.05, 0) is 19.8 Å². The lowest BCUT2D eigenvalue weighted by atomic mass is 10.1. The van der Waals surface area contributed by atoms with Gasteiger partial charge < -0.3 is 10.2 Å². The average molecular weight is 342 g/mol. The van der Waals surface area contributed by atoms with E-state index in [9.17, 15) is 15.0 Å². The standard InChI is InChI=1S/C19H36N2O3/c1-3-4-5-6-7-8-9-10-11-12-14-21(16-18(23)24)15-13-20-19(21)17(2)22/h17,22H,3-16H2,1-2H3/p+1. The number of rotatable bonds is 14. The molecule has 0 radical (unpaired) electrons. The van der Waals surface area contributed by atoms with Crippen LogP contribution in [0.4, 0.5) is 0 Å². The zero-order valence-corrected chi connectivity index (χ0v) is 15.7. The minimum atomic E-state index is -0.808. The van der Waals surface area contributed by atoms with Crippen molar-refractivity contribution in [3.05, 3.63) is 0 Å². The van der Waals surface area contributed by atoms with Crippen LogP contribution in [0.5, 0.6) is 0 Å². The van der Waals surface area contributed by atoms with E-state index in [1.807, 2.05) is 0 Å². The molecule has 1 rings (SSSR count). The summed E-state index contributed by atoms with van der Waals surface area (Å²) in [5, 5.41) is 19.2. The number of hydrogen-bond acceptors (Lipinski definition) is 3. The number of aliphatic hydroxyl groups excluding tert-OH is 1. The van der Waals surface area contributed by atoms with E-state index in [-0.39, 0.29) is 6.54 Å². The van der Waals surface area contributed by atoms with E-state index in [4.69, 9.17) is 0 Å². The van der Waals surface area contributed by atoms with Crippen molar-refractivity contribution in [2.45, 2.75) is 84.2 Å². The summed E-state index contributed by atoms with van der Waals surface area (Å²) in [7, 11) is 0. The number of amidine groups is 1. The fraction of sp³-hybridized carbons (Fsp3) is 0.895. The quantitative estimate of drug-likeness (QED) is 0.375. The monoisotopic (exact) mass is 341 g/mol. The van der Waals surface area contributed by atoms with E-state index in [0.717, 1.165) is 19.4 Å². The number of quaternary nitrogens is 1. The first-order valence-corrected chi connectivity index (χ1v) is 9.82. The highest BCUT2D eigenvalue weighted by Gasteiger charge is 2.41. The summed E-state index contributed by atoms with van der Waals surface area (Å²) in [6, 6.07) is 0. The SMILES string of the molecule is CCCCCCCCCCCC[N+]1(CC(=O)O)CCN=C1C(C)O. The lowest BCUT2D eigenvalue weighted by Crippen LogP contribution is -2.57. The van der Waals surface area contributed by atoms with Crippen LogP contribution in [0.3, 0.4) is 0 Å². The Morgan fingerprint density at radius 2 is 1.62 bits per heavy atom. The number of carboxylic acids is 1. The Morgan fingerprint density at radius 3 is 2.12 bits per heavy atom. The molecular weight excluding hydrogens is 304 g/mol. The highest BCUT2D eigenvalue weighted by atomic mass is 16.4. The highest BCUT2D eigenvalue weighted by molar-refractivity contribution is 5.83. The van der Waals surface area contributed by atoms with Crippen molar-refractivity contribution in [3.63, 3.8) is 0 Å². The van der Waals surface area contributed by atoms with Crippen LogP contribution >= 0.6 is 0 Å². The molecule has 0 bridgehead atoms. The smallest absolute Gasteiger partial charge is 0.359 e. The van der Waals surface area contributed by atoms with Crippen LogP contribution in [-0.2, 0) is 4.79 Å². The summed E-state index contributed by atoms with van der Waals surface area (Å²) < 4.78 is 0.351. The van der Waals surface area contributed by atoms with Crippen LogP contribution in [0.2, 0.25) is 0 Å². The Labute approximate surface area is 147 Å². The van der Waals surface area contributed by atoms with Gasteiger partial charge in [-0.15, -0.1) is 0 Å². The van der Waals surface area contributed by atoms with E-state index in [2.05, 4.69) is 11.9 Å². The van der Waals surface area contributed by atoms with Crippen molar-refractivity contribution in [1.29, 1.82) is 0 Å². The van der Waals surface area contributed by atoms with E-state index in [0.29, 0.717) is 23.4 Å². The Morgan fingerprint density at radius 1 is 1.08 bits per heavy atom. The van der Waals surface area contributed by atoms with Gasteiger partial charge in [0.25, 0.3) is 0 Å². The van der Waals surface area contributed by atoms with Gasteiger partial charge in [0.15, 0.2) is 6.54 Å². The third kappa shape index (κ3) is 7.31. The van der Waals surface area contributed by atoms with Crippen LogP contribution in [0.1, 0.15) is 78.1 Å². The van der Waals surface area contributed by atoms with E-state index in [1.165, 1.54) is 51.4 Å². The Bertz CT molecular complexity index is 396. The summed E-state index contributed by atoms with van der Waals surface area (Å²) >= 11 is 0. The third-order valence-corrected chi connectivity index (χ3v) is 5.04. The van der Waals surface area contributed by atoms with E-state index < -0.39 is 12.1 Å². The number of hydrogen-bond donors (Lipinski definition) is 2. The van der Waals surface area contributed by atoms with Crippen LogP contribution in [-0.4, -0.2) is 58.8 Å². The molecule has 24 heavy (non-hydrogen) atoms. The minimum absolute atomic E-state index is 0.0428. The Kier molecular flexibility index (Phi) is 10.2. The first-order valence-electron chi connectivity index (χ1n) is 9.82. The number of unbranched alkanes of at least 4 members (excludes halogenated alkanes) is 9. The number of nitrogens with zero attached hydrogens (tertiary/aromatic N) is 2. The number of carbonyl (C=O) groups is 1. The topological polar surface area (TPSA) is 69.9 Å². The van der Waals surface area contributed by atoms with Crippen LogP contribution in [0, 0.1) is 0 Å². The molecule has 2 N–H and O–H groups in total. The van der Waals surface area contributed by atoms with Crippen molar-refractivity contribution >= 4 is 11.8 Å². The van der Waals surface area contributed by atoms with Gasteiger partial charge in [-0.25, -0.2) is 9.79 Å². The highest BCUT2D eigenvalue weighted by Crippen LogP contribution is 2.20. The van der Waals surface area contributed by atoms with Crippen molar-refractivity contribution in [1.82, 2.24) is 0 Å². The van der Waals surface area contributed by atoms with Gasteiger partial charge in [-0.2, -0.15) is 0 Å². The normalized spacial score (nSPS) is 21.7. The van der Waals surface area contributed by atoms with Crippen molar-refractivity contribution in [3.8, 4) is 0 Å². The number of carboxylic acid groups (broad SMARTS) is 1.